The number of rotatable bonds is 7. The molecule has 0 radical (unpaired) electrons. The zero-order chi connectivity index (χ0) is 24.4. The number of nitro benzene ring substituents is 1. The fourth-order valence-corrected chi connectivity index (χ4v) is 3.17. The molecule has 0 aliphatic carbocycles. The van der Waals surface area contributed by atoms with Crippen LogP contribution in [0.4, 0.5) is 11.5 Å². The Morgan fingerprint density at radius 3 is 2.47 bits per heavy atom. The van der Waals surface area contributed by atoms with Crippen LogP contribution in [0.2, 0.25) is 10.0 Å². The van der Waals surface area contributed by atoms with E-state index in [-0.39, 0.29) is 28.7 Å². The molecule has 0 aliphatic rings. The number of nitrogens with zero attached hydrogens (tertiary/aromatic N) is 6. The largest absolute Gasteiger partial charge is 0.378 e. The molecule has 15 heteroatoms. The molecule has 1 amide bonds. The normalized spacial score (nSPS) is 10.6. The molecule has 0 spiro atoms. The molecule has 172 valence electrons. The first-order chi connectivity index (χ1) is 16.3. The Kier molecular flexibility index (Phi) is 6.12. The standard InChI is InChI=1S/C19H13Cl2N9O4/c1-9(11-4-7-13(20)14(21)8-11)23-25-19(31)15-16(10-2-5-12(6-3-10)30(32)33)29(28-24-15)18-17(22)26-34-27-18/h2-8,23H,1H2,(H2,22,26)(H,25,31). The first-order valence-electron chi connectivity index (χ1n) is 9.26. The van der Waals surface area contributed by atoms with Crippen LogP contribution in [0.25, 0.3) is 22.8 Å². The summed E-state index contributed by atoms with van der Waals surface area (Å²) in [6.07, 6.45) is 0. The number of aromatic nitrogens is 5. The fraction of sp³-hybridized carbons (Fsp3) is 0. The molecule has 4 rings (SSSR count). The summed E-state index contributed by atoms with van der Waals surface area (Å²) in [5.74, 6) is -0.824. The second-order valence-electron chi connectivity index (χ2n) is 6.66. The number of carbonyl (C=O) groups is 1. The summed E-state index contributed by atoms with van der Waals surface area (Å²) in [6, 6.07) is 10.2. The molecule has 0 saturated heterocycles. The minimum Gasteiger partial charge on any atom is -0.378 e. The highest BCUT2D eigenvalue weighted by molar-refractivity contribution is 6.42. The Balaban J connectivity index is 1.65. The summed E-state index contributed by atoms with van der Waals surface area (Å²) < 4.78 is 5.74. The van der Waals surface area contributed by atoms with E-state index in [0.29, 0.717) is 26.9 Å². The monoisotopic (exact) mass is 501 g/mol. The molecule has 34 heavy (non-hydrogen) atoms. The van der Waals surface area contributed by atoms with E-state index in [1.807, 2.05) is 0 Å². The third-order valence-electron chi connectivity index (χ3n) is 4.53. The number of nitrogen functional groups attached to an aromatic ring is 1. The Morgan fingerprint density at radius 2 is 1.85 bits per heavy atom. The minimum atomic E-state index is -0.698. The van der Waals surface area contributed by atoms with Crippen LogP contribution in [0.1, 0.15) is 16.1 Å². The van der Waals surface area contributed by atoms with Gasteiger partial charge in [-0.25, -0.2) is 4.63 Å². The first kappa shape index (κ1) is 22.7. The SMILES string of the molecule is C=C(NNC(=O)c1nnn(-c2nonc2N)c1-c1ccc([N+](=O)[O-])cc1)c1ccc(Cl)c(Cl)c1. The Labute approximate surface area is 200 Å². The predicted octanol–water partition coefficient (Wildman–Crippen LogP) is 3.02. The van der Waals surface area contributed by atoms with Gasteiger partial charge in [0.15, 0.2) is 5.69 Å². The van der Waals surface area contributed by atoms with Crippen molar-refractivity contribution in [1.82, 2.24) is 36.2 Å². The lowest BCUT2D eigenvalue weighted by atomic mass is 10.1. The molecule has 13 nitrogen and oxygen atoms in total. The lowest BCUT2D eigenvalue weighted by Crippen LogP contribution is -2.36. The smallest absolute Gasteiger partial charge is 0.292 e. The third-order valence-corrected chi connectivity index (χ3v) is 5.27. The van der Waals surface area contributed by atoms with E-state index in [0.717, 1.165) is 4.68 Å². The Morgan fingerprint density at radius 1 is 1.12 bits per heavy atom. The predicted molar refractivity (Wildman–Crippen MR) is 122 cm³/mol. The van der Waals surface area contributed by atoms with E-state index >= 15 is 0 Å². The maximum atomic E-state index is 13.0. The molecular weight excluding hydrogens is 489 g/mol. The van der Waals surface area contributed by atoms with Crippen molar-refractivity contribution >= 4 is 46.3 Å². The van der Waals surface area contributed by atoms with Gasteiger partial charge < -0.3 is 5.73 Å². The van der Waals surface area contributed by atoms with Crippen LogP contribution in [-0.4, -0.2) is 36.1 Å². The van der Waals surface area contributed by atoms with E-state index in [1.165, 1.54) is 24.3 Å². The lowest BCUT2D eigenvalue weighted by molar-refractivity contribution is -0.384. The van der Waals surface area contributed by atoms with Crippen LogP contribution in [0.15, 0.2) is 53.7 Å². The van der Waals surface area contributed by atoms with Gasteiger partial charge in [0.05, 0.1) is 20.7 Å². The number of halogens is 2. The maximum Gasteiger partial charge on any atom is 0.292 e. The summed E-state index contributed by atoms with van der Waals surface area (Å²) in [4.78, 5) is 23.4. The number of nitrogens with one attached hydrogen (secondary N) is 2. The van der Waals surface area contributed by atoms with E-state index in [2.05, 4.69) is 42.7 Å². The van der Waals surface area contributed by atoms with E-state index in [1.54, 1.807) is 18.2 Å². The molecule has 2 heterocycles. The summed E-state index contributed by atoms with van der Waals surface area (Å²) in [5.41, 5.74) is 12.0. The van der Waals surface area contributed by atoms with Gasteiger partial charge >= 0.3 is 0 Å². The molecule has 0 atom stereocenters. The first-order valence-corrected chi connectivity index (χ1v) is 10.0. The molecule has 0 aliphatic heterocycles. The van der Waals surface area contributed by atoms with Crippen LogP contribution in [0.5, 0.6) is 0 Å². The van der Waals surface area contributed by atoms with Crippen LogP contribution < -0.4 is 16.6 Å². The number of nitro groups is 1. The second kappa shape index (κ2) is 9.17. The number of nitrogens with two attached hydrogens (primary N) is 1. The molecule has 0 fully saturated rings. The topological polar surface area (TPSA) is 180 Å². The molecule has 0 bridgehead atoms. The van der Waals surface area contributed by atoms with Gasteiger partial charge in [0.25, 0.3) is 11.6 Å². The molecule has 4 aromatic rings. The number of hydrazine groups is 1. The Bertz CT molecular complexity index is 1420. The van der Waals surface area contributed by atoms with Gasteiger partial charge in [0.1, 0.15) is 5.69 Å². The molecule has 2 aromatic carbocycles. The highest BCUT2D eigenvalue weighted by Gasteiger charge is 2.25. The van der Waals surface area contributed by atoms with Crippen molar-refractivity contribution in [2.45, 2.75) is 0 Å². The van der Waals surface area contributed by atoms with Crippen molar-refractivity contribution < 1.29 is 14.3 Å². The van der Waals surface area contributed by atoms with Gasteiger partial charge in [-0.2, -0.15) is 4.68 Å². The minimum absolute atomic E-state index is 0.0203. The molecule has 2 aromatic heterocycles. The number of anilines is 1. The molecule has 4 N–H and O–H groups in total. The quantitative estimate of drug-likeness (QED) is 0.251. The van der Waals surface area contributed by atoms with Crippen LogP contribution in [0, 0.1) is 10.1 Å². The second-order valence-corrected chi connectivity index (χ2v) is 7.48. The van der Waals surface area contributed by atoms with Crippen LogP contribution >= 0.6 is 23.2 Å². The van der Waals surface area contributed by atoms with Gasteiger partial charge in [0.2, 0.25) is 11.6 Å². The van der Waals surface area contributed by atoms with Crippen molar-refractivity contribution in [3.05, 3.63) is 80.5 Å². The van der Waals surface area contributed by atoms with Crippen molar-refractivity contribution in [2.24, 2.45) is 0 Å². The van der Waals surface area contributed by atoms with Crippen molar-refractivity contribution in [2.75, 3.05) is 5.73 Å². The van der Waals surface area contributed by atoms with Gasteiger partial charge in [0, 0.05) is 23.3 Å². The van der Waals surface area contributed by atoms with Crippen molar-refractivity contribution in [1.29, 1.82) is 0 Å². The van der Waals surface area contributed by atoms with E-state index in [4.69, 9.17) is 28.9 Å². The third kappa shape index (κ3) is 4.37. The highest BCUT2D eigenvalue weighted by atomic mass is 35.5. The number of amides is 1. The number of hydrogen-bond donors (Lipinski definition) is 3. The summed E-state index contributed by atoms with van der Waals surface area (Å²) in [5, 5.41) is 26.7. The summed E-state index contributed by atoms with van der Waals surface area (Å²) in [7, 11) is 0. The summed E-state index contributed by atoms with van der Waals surface area (Å²) >= 11 is 11.9. The average Bonchev–Trinajstić information content (AvgIpc) is 3.45. The van der Waals surface area contributed by atoms with Gasteiger partial charge in [-0.3, -0.25) is 25.8 Å². The number of carbonyl (C=O) groups excluding carboxylic acids is 1. The zero-order valence-electron chi connectivity index (χ0n) is 16.9. The number of non-ortho nitro benzene ring substituents is 1. The highest BCUT2D eigenvalue weighted by Crippen LogP contribution is 2.28. The van der Waals surface area contributed by atoms with E-state index < -0.39 is 10.8 Å². The van der Waals surface area contributed by atoms with Gasteiger partial charge in [-0.05, 0) is 34.6 Å². The van der Waals surface area contributed by atoms with Crippen molar-refractivity contribution in [3.63, 3.8) is 0 Å². The molecule has 0 saturated carbocycles. The maximum absolute atomic E-state index is 13.0. The molecular formula is C19H13Cl2N9O4. The van der Waals surface area contributed by atoms with Crippen LogP contribution in [0.3, 0.4) is 0 Å². The van der Waals surface area contributed by atoms with Crippen molar-refractivity contribution in [3.8, 4) is 17.1 Å². The lowest BCUT2D eigenvalue weighted by Gasteiger charge is -2.12. The number of hydrogen-bond acceptors (Lipinski definition) is 10. The van der Waals surface area contributed by atoms with E-state index in [9.17, 15) is 14.9 Å². The van der Waals surface area contributed by atoms with Gasteiger partial charge in [-0.1, -0.05) is 41.1 Å². The molecule has 0 unspecified atom stereocenters. The van der Waals surface area contributed by atoms with Crippen LogP contribution in [-0.2, 0) is 0 Å². The average molecular weight is 502 g/mol. The number of benzene rings is 2. The Hall–Kier alpha value is -4.49. The van der Waals surface area contributed by atoms with Gasteiger partial charge in [-0.15, -0.1) is 5.10 Å². The fourth-order valence-electron chi connectivity index (χ4n) is 2.87. The zero-order valence-corrected chi connectivity index (χ0v) is 18.4. The summed E-state index contributed by atoms with van der Waals surface area (Å²) in [6.45, 7) is 3.85.